The molecule has 0 saturated carbocycles. The van der Waals surface area contributed by atoms with Gasteiger partial charge in [0.05, 0.1) is 5.60 Å². The molecule has 11 heteroatoms. The third-order valence-corrected chi connectivity index (χ3v) is 1.81. The first-order chi connectivity index (χ1) is 5.91. The van der Waals surface area contributed by atoms with Gasteiger partial charge in [0.25, 0.3) is 0 Å². The molecule has 0 aliphatic heterocycles. The molecule has 0 N–H and O–H groups in total. The zero-order valence-corrected chi connectivity index (χ0v) is 13.3. The number of hydrogen-bond donors (Lipinski definition) is 0. The third-order valence-electron chi connectivity index (χ3n) is 0.547. The first-order valence-electron chi connectivity index (χ1n) is 3.20. The molecule has 0 aromatic rings. The summed E-state index contributed by atoms with van der Waals surface area (Å²) in [5.74, 6) is 0. The van der Waals surface area contributed by atoms with Crippen LogP contribution < -0.4 is 51.4 Å². The number of hydrogen-bond acceptors (Lipinski definition) is 8. The van der Waals surface area contributed by atoms with Gasteiger partial charge in [-0.1, -0.05) is 8.67 Å². The van der Waals surface area contributed by atoms with Gasteiger partial charge in [-0.15, -0.1) is 0 Å². The standard InChI is InChI=1S/C4H10O8S2.K/c1-4(2,3)10-14(8,9)12-11-13(5,6)7;/h1-3H3,(H,5,6,7);/q;+1/p-1. The largest absolute Gasteiger partial charge is 1.00 e. The van der Waals surface area contributed by atoms with E-state index in [2.05, 4.69) is 12.9 Å². The minimum atomic E-state index is -5.24. The van der Waals surface area contributed by atoms with Crippen molar-refractivity contribution in [3.8, 4) is 0 Å². The molecule has 15 heavy (non-hydrogen) atoms. The summed E-state index contributed by atoms with van der Waals surface area (Å²) in [4.78, 5) is 0. The smallest absolute Gasteiger partial charge is 0.724 e. The van der Waals surface area contributed by atoms with E-state index in [4.69, 9.17) is 0 Å². The molecule has 0 aliphatic rings. The molecule has 0 saturated heterocycles. The van der Waals surface area contributed by atoms with Crippen molar-refractivity contribution < 1.29 is 85.6 Å². The fourth-order valence-electron chi connectivity index (χ4n) is 0.388. The molecule has 0 aromatic heterocycles. The molecule has 86 valence electrons. The molecule has 0 amide bonds. The Morgan fingerprint density at radius 1 is 1.00 bits per heavy atom. The fraction of sp³-hybridized carbons (Fsp3) is 1.00. The molecule has 0 unspecified atom stereocenters. The van der Waals surface area contributed by atoms with Crippen molar-refractivity contribution >= 4 is 20.8 Å². The van der Waals surface area contributed by atoms with Crippen LogP contribution in [0.2, 0.25) is 0 Å². The van der Waals surface area contributed by atoms with Gasteiger partial charge < -0.3 is 4.55 Å². The quantitative estimate of drug-likeness (QED) is 0.171. The molecule has 0 aromatic carbocycles. The van der Waals surface area contributed by atoms with Gasteiger partial charge in [-0.25, -0.2) is 12.6 Å². The van der Waals surface area contributed by atoms with Gasteiger partial charge in [-0.3, -0.25) is 0 Å². The Hall–Kier alpha value is 1.38. The van der Waals surface area contributed by atoms with E-state index in [0.29, 0.717) is 0 Å². The molecule has 0 atom stereocenters. The predicted octanol–water partition coefficient (Wildman–Crippen LogP) is -3.54. The van der Waals surface area contributed by atoms with Gasteiger partial charge in [0.15, 0.2) is 0 Å². The molecule has 0 spiro atoms. The predicted molar refractivity (Wildman–Crippen MR) is 41.6 cm³/mol. The summed E-state index contributed by atoms with van der Waals surface area (Å²) in [6.45, 7) is 4.12. The molecule has 0 aliphatic carbocycles. The SMILES string of the molecule is CC(C)(C)OS(=O)(=O)OOS(=O)(=O)[O-].[K+]. The second-order valence-corrected chi connectivity index (χ2v) is 5.22. The van der Waals surface area contributed by atoms with Gasteiger partial charge in [0, 0.05) is 0 Å². The minimum absolute atomic E-state index is 0. The summed E-state index contributed by atoms with van der Waals surface area (Å²) < 4.78 is 61.5. The van der Waals surface area contributed by atoms with E-state index in [1.807, 2.05) is 0 Å². The van der Waals surface area contributed by atoms with Gasteiger partial charge in [-0.05, 0) is 20.8 Å². The van der Waals surface area contributed by atoms with Gasteiger partial charge in [-0.2, -0.15) is 8.42 Å². The summed E-state index contributed by atoms with van der Waals surface area (Å²) >= 11 is 0. The average molecular weight is 288 g/mol. The van der Waals surface area contributed by atoms with Crippen molar-refractivity contribution in [1.29, 1.82) is 0 Å². The molecule has 0 radical (unpaired) electrons. The van der Waals surface area contributed by atoms with E-state index in [1.54, 1.807) is 0 Å². The Morgan fingerprint density at radius 3 is 1.67 bits per heavy atom. The summed E-state index contributed by atoms with van der Waals surface area (Å²) in [6, 6.07) is 0. The van der Waals surface area contributed by atoms with Gasteiger partial charge in [0.2, 0.25) is 10.4 Å². The molecule has 0 bridgehead atoms. The van der Waals surface area contributed by atoms with Crippen LogP contribution in [-0.4, -0.2) is 27.0 Å². The third kappa shape index (κ3) is 13.3. The Balaban J connectivity index is 0. The molecule has 8 nitrogen and oxygen atoms in total. The first-order valence-corrected chi connectivity index (χ1v) is 5.87. The van der Waals surface area contributed by atoms with Gasteiger partial charge >= 0.3 is 61.8 Å². The monoisotopic (exact) mass is 288 g/mol. The Kier molecular flexibility index (Phi) is 7.93. The van der Waals surface area contributed by atoms with E-state index in [9.17, 15) is 21.4 Å². The molecular formula is C4H9KO8S2. The van der Waals surface area contributed by atoms with Crippen LogP contribution in [0.25, 0.3) is 0 Å². The Labute approximate surface area is 131 Å². The van der Waals surface area contributed by atoms with E-state index in [-0.39, 0.29) is 51.4 Å². The van der Waals surface area contributed by atoms with Crippen LogP contribution in [0.4, 0.5) is 0 Å². The Bertz CT molecular complexity index is 375. The summed E-state index contributed by atoms with van der Waals surface area (Å²) in [5, 5.41) is 0. The van der Waals surface area contributed by atoms with Crippen molar-refractivity contribution in [2.24, 2.45) is 0 Å². The van der Waals surface area contributed by atoms with Crippen LogP contribution in [0.15, 0.2) is 0 Å². The summed E-state index contributed by atoms with van der Waals surface area (Å²) in [5.41, 5.74) is -1.13. The van der Waals surface area contributed by atoms with Crippen LogP contribution in [0.5, 0.6) is 0 Å². The van der Waals surface area contributed by atoms with Crippen LogP contribution in [-0.2, 0) is 33.6 Å². The first kappa shape index (κ1) is 18.7. The second kappa shape index (κ2) is 6.35. The van der Waals surface area contributed by atoms with Crippen molar-refractivity contribution in [2.75, 3.05) is 0 Å². The second-order valence-electron chi connectivity index (χ2n) is 3.15. The van der Waals surface area contributed by atoms with Crippen molar-refractivity contribution in [3.05, 3.63) is 0 Å². The Morgan fingerprint density at radius 2 is 1.40 bits per heavy atom. The minimum Gasteiger partial charge on any atom is -0.724 e. The molecular weight excluding hydrogens is 279 g/mol. The van der Waals surface area contributed by atoms with Crippen LogP contribution in [0, 0.1) is 0 Å². The maximum absolute atomic E-state index is 10.7. The summed E-state index contributed by atoms with van der Waals surface area (Å²) in [7, 11) is -9.92. The summed E-state index contributed by atoms with van der Waals surface area (Å²) in [6.07, 6.45) is 0. The zero-order chi connectivity index (χ0) is 11.6. The normalized spacial score (nSPS) is 13.3. The van der Waals surface area contributed by atoms with Gasteiger partial charge in [0.1, 0.15) is 0 Å². The zero-order valence-electron chi connectivity index (χ0n) is 8.58. The van der Waals surface area contributed by atoms with Crippen molar-refractivity contribution in [2.45, 2.75) is 26.4 Å². The van der Waals surface area contributed by atoms with E-state index >= 15 is 0 Å². The molecule has 0 fully saturated rings. The average Bonchev–Trinajstić information content (AvgIpc) is 1.76. The number of rotatable bonds is 4. The topological polar surface area (TPSA) is 119 Å². The van der Waals surface area contributed by atoms with Crippen LogP contribution >= 0.6 is 0 Å². The molecule has 0 rings (SSSR count). The van der Waals surface area contributed by atoms with Crippen LogP contribution in [0.1, 0.15) is 20.8 Å². The fourth-order valence-corrected chi connectivity index (χ4v) is 1.57. The maximum atomic E-state index is 10.7. The van der Waals surface area contributed by atoms with E-state index in [0.717, 1.165) is 0 Å². The van der Waals surface area contributed by atoms with E-state index in [1.165, 1.54) is 20.8 Å². The van der Waals surface area contributed by atoms with Crippen LogP contribution in [0.3, 0.4) is 0 Å². The van der Waals surface area contributed by atoms with Crippen molar-refractivity contribution in [1.82, 2.24) is 0 Å². The molecule has 0 heterocycles. The maximum Gasteiger partial charge on any atom is 1.00 e. The van der Waals surface area contributed by atoms with E-state index < -0.39 is 26.4 Å². The van der Waals surface area contributed by atoms with Crippen molar-refractivity contribution in [3.63, 3.8) is 0 Å².